The number of nitrogens with zero attached hydrogens (tertiary/aromatic N) is 4. The Labute approximate surface area is 204 Å². The minimum absolute atomic E-state index is 0.145. The standard InChI is InChI=1S/C25H29ClFN5O2/c1-4-20(26)19(9-10-28)23-22(17-5-7-18(27)8-6-17)29-15-21(30-23)31-11-13-32(14-12-31)25(34)24(33)16(2)3/h4-10,15-16,24,33H,1,11-14,28H2,2-3H3/b10-9-,20-19-/t24-/m1/s1. The Morgan fingerprint density at radius 1 is 1.24 bits per heavy atom. The Morgan fingerprint density at radius 2 is 1.88 bits per heavy atom. The van der Waals surface area contributed by atoms with Crippen LogP contribution in [0.5, 0.6) is 0 Å². The van der Waals surface area contributed by atoms with Crippen LogP contribution >= 0.6 is 11.6 Å². The van der Waals surface area contributed by atoms with Gasteiger partial charge in [-0.05, 0) is 42.5 Å². The smallest absolute Gasteiger partial charge is 0.251 e. The van der Waals surface area contributed by atoms with Crippen LogP contribution in [0, 0.1) is 11.7 Å². The van der Waals surface area contributed by atoms with Crippen molar-refractivity contribution in [1.29, 1.82) is 0 Å². The van der Waals surface area contributed by atoms with E-state index in [-0.39, 0.29) is 17.6 Å². The quantitative estimate of drug-likeness (QED) is 0.582. The maximum atomic E-state index is 13.5. The number of nitrogens with two attached hydrogens (primary N) is 1. The van der Waals surface area contributed by atoms with Crippen molar-refractivity contribution >= 4 is 28.9 Å². The highest BCUT2D eigenvalue weighted by atomic mass is 35.5. The number of aromatic nitrogens is 2. The molecule has 0 spiro atoms. The van der Waals surface area contributed by atoms with Gasteiger partial charge in [0.15, 0.2) is 0 Å². The van der Waals surface area contributed by atoms with Crippen molar-refractivity contribution in [2.75, 3.05) is 31.1 Å². The number of hydrogen-bond acceptors (Lipinski definition) is 6. The lowest BCUT2D eigenvalue weighted by Gasteiger charge is -2.36. The number of halogens is 2. The molecule has 0 saturated carbocycles. The highest BCUT2D eigenvalue weighted by molar-refractivity contribution is 6.34. The molecule has 1 aliphatic heterocycles. The van der Waals surface area contributed by atoms with Gasteiger partial charge in [0.25, 0.3) is 5.91 Å². The zero-order chi connectivity index (χ0) is 24.8. The molecule has 3 N–H and O–H groups in total. The summed E-state index contributed by atoms with van der Waals surface area (Å²) in [6, 6.07) is 5.96. The van der Waals surface area contributed by atoms with E-state index in [1.165, 1.54) is 24.4 Å². The second-order valence-corrected chi connectivity index (χ2v) is 8.67. The normalized spacial score (nSPS) is 16.1. The summed E-state index contributed by atoms with van der Waals surface area (Å²) in [7, 11) is 0. The molecule has 0 aliphatic carbocycles. The minimum atomic E-state index is -1.01. The Kier molecular flexibility index (Phi) is 8.41. The molecule has 0 bridgehead atoms. The Balaban J connectivity index is 1.96. The first kappa shape index (κ1) is 25.4. The van der Waals surface area contributed by atoms with E-state index in [2.05, 4.69) is 11.6 Å². The van der Waals surface area contributed by atoms with Gasteiger partial charge in [-0.3, -0.25) is 9.78 Å². The predicted octanol–water partition coefficient (Wildman–Crippen LogP) is 3.56. The summed E-state index contributed by atoms with van der Waals surface area (Å²) < 4.78 is 13.5. The van der Waals surface area contributed by atoms with Gasteiger partial charge < -0.3 is 20.6 Å². The number of hydrogen-bond donors (Lipinski definition) is 2. The lowest BCUT2D eigenvalue weighted by molar-refractivity contribution is -0.142. The molecule has 2 heterocycles. The second kappa shape index (κ2) is 11.3. The largest absolute Gasteiger partial charge is 0.405 e. The number of aliphatic hydroxyl groups is 1. The van der Waals surface area contributed by atoms with Crippen molar-refractivity contribution in [2.24, 2.45) is 11.7 Å². The average molecular weight is 486 g/mol. The summed E-state index contributed by atoms with van der Waals surface area (Å²) in [6.45, 7) is 9.33. The summed E-state index contributed by atoms with van der Waals surface area (Å²) in [6.07, 6.45) is 5.10. The zero-order valence-electron chi connectivity index (χ0n) is 19.3. The number of allylic oxidation sites excluding steroid dienone is 4. The molecule has 1 aliphatic rings. The maximum Gasteiger partial charge on any atom is 0.251 e. The van der Waals surface area contributed by atoms with E-state index >= 15 is 0 Å². The topological polar surface area (TPSA) is 95.6 Å². The van der Waals surface area contributed by atoms with Crippen molar-refractivity contribution in [3.8, 4) is 11.3 Å². The van der Waals surface area contributed by atoms with Crippen molar-refractivity contribution in [1.82, 2.24) is 14.9 Å². The van der Waals surface area contributed by atoms with Crippen LogP contribution in [0.4, 0.5) is 10.2 Å². The van der Waals surface area contributed by atoms with Gasteiger partial charge in [-0.25, -0.2) is 9.37 Å². The average Bonchev–Trinajstić information content (AvgIpc) is 2.86. The van der Waals surface area contributed by atoms with Crippen LogP contribution in [0.15, 0.2) is 60.4 Å². The molecule has 1 fully saturated rings. The first-order valence-electron chi connectivity index (χ1n) is 11.0. The number of carbonyl (C=O) groups is 1. The van der Waals surface area contributed by atoms with E-state index in [9.17, 15) is 14.3 Å². The van der Waals surface area contributed by atoms with E-state index in [4.69, 9.17) is 22.3 Å². The van der Waals surface area contributed by atoms with Crippen molar-refractivity contribution in [3.05, 3.63) is 71.9 Å². The number of carbonyl (C=O) groups excluding carboxylic acids is 1. The van der Waals surface area contributed by atoms with E-state index in [0.29, 0.717) is 59.6 Å². The fourth-order valence-corrected chi connectivity index (χ4v) is 3.80. The molecule has 1 amide bonds. The van der Waals surface area contributed by atoms with Crippen LogP contribution in [-0.2, 0) is 4.79 Å². The monoisotopic (exact) mass is 485 g/mol. The molecule has 180 valence electrons. The van der Waals surface area contributed by atoms with Gasteiger partial charge in [0, 0.05) is 42.3 Å². The van der Waals surface area contributed by atoms with Crippen LogP contribution in [-0.4, -0.2) is 58.2 Å². The van der Waals surface area contributed by atoms with Crippen molar-refractivity contribution < 1.29 is 14.3 Å². The summed E-state index contributed by atoms with van der Waals surface area (Å²) in [5.74, 6) is -0.155. The molecule has 1 aromatic heterocycles. The van der Waals surface area contributed by atoms with Gasteiger partial charge in [0.1, 0.15) is 23.4 Å². The Bertz CT molecular complexity index is 1090. The summed E-state index contributed by atoms with van der Waals surface area (Å²) >= 11 is 6.42. The van der Waals surface area contributed by atoms with Crippen molar-refractivity contribution in [2.45, 2.75) is 20.0 Å². The van der Waals surface area contributed by atoms with Crippen molar-refractivity contribution in [3.63, 3.8) is 0 Å². The molecular formula is C25H29ClFN5O2. The van der Waals surface area contributed by atoms with Crippen LogP contribution in [0.2, 0.25) is 0 Å². The molecule has 1 atom stereocenters. The van der Waals surface area contributed by atoms with Gasteiger partial charge in [0.05, 0.1) is 11.9 Å². The number of benzene rings is 1. The molecule has 1 aromatic carbocycles. The summed E-state index contributed by atoms with van der Waals surface area (Å²) in [4.78, 5) is 25.6. The number of aliphatic hydroxyl groups excluding tert-OH is 1. The van der Waals surface area contributed by atoms with Crippen LogP contribution in [0.25, 0.3) is 16.8 Å². The third kappa shape index (κ3) is 5.63. The molecule has 0 radical (unpaired) electrons. The third-order valence-corrected chi connectivity index (χ3v) is 5.99. The fraction of sp³-hybridized carbons (Fsp3) is 0.320. The second-order valence-electron chi connectivity index (χ2n) is 8.26. The van der Waals surface area contributed by atoms with E-state index in [1.54, 1.807) is 29.3 Å². The number of anilines is 1. The number of piperazine rings is 1. The molecule has 34 heavy (non-hydrogen) atoms. The lowest BCUT2D eigenvalue weighted by atomic mass is 10.0. The molecule has 2 aromatic rings. The summed E-state index contributed by atoms with van der Waals surface area (Å²) in [5, 5.41) is 10.5. The van der Waals surface area contributed by atoms with Crippen LogP contribution in [0.3, 0.4) is 0 Å². The van der Waals surface area contributed by atoms with Gasteiger partial charge in [-0.15, -0.1) is 0 Å². The molecule has 0 unspecified atom stereocenters. The number of rotatable bonds is 7. The maximum absolute atomic E-state index is 13.5. The highest BCUT2D eigenvalue weighted by Crippen LogP contribution is 2.32. The Hall–Kier alpha value is -3.23. The van der Waals surface area contributed by atoms with Gasteiger partial charge >= 0.3 is 0 Å². The molecular weight excluding hydrogens is 457 g/mol. The van der Waals surface area contributed by atoms with E-state index in [1.807, 2.05) is 18.7 Å². The van der Waals surface area contributed by atoms with Gasteiger partial charge in [0.2, 0.25) is 0 Å². The third-order valence-electron chi connectivity index (χ3n) is 5.63. The highest BCUT2D eigenvalue weighted by Gasteiger charge is 2.28. The van der Waals surface area contributed by atoms with Crippen LogP contribution in [0.1, 0.15) is 19.5 Å². The summed E-state index contributed by atoms with van der Waals surface area (Å²) in [5.41, 5.74) is 7.86. The molecule has 3 rings (SSSR count). The van der Waals surface area contributed by atoms with Gasteiger partial charge in [-0.1, -0.05) is 38.1 Å². The molecule has 9 heteroatoms. The first-order valence-corrected chi connectivity index (χ1v) is 11.4. The molecule has 1 saturated heterocycles. The van der Waals surface area contributed by atoms with Gasteiger partial charge in [-0.2, -0.15) is 0 Å². The first-order chi connectivity index (χ1) is 16.3. The van der Waals surface area contributed by atoms with Crippen LogP contribution < -0.4 is 10.6 Å². The van der Waals surface area contributed by atoms with E-state index in [0.717, 1.165) is 0 Å². The zero-order valence-corrected chi connectivity index (χ0v) is 20.0. The SMILES string of the molecule is C=C/C(Cl)=C(\C=C/N)c1nc(N2CCN(C(=O)[C@H](O)C(C)C)CC2)cnc1-c1ccc(F)cc1. The Morgan fingerprint density at radius 3 is 2.44 bits per heavy atom. The fourth-order valence-electron chi connectivity index (χ4n) is 3.64. The minimum Gasteiger partial charge on any atom is -0.405 e. The number of amides is 1. The molecule has 7 nitrogen and oxygen atoms in total. The lowest BCUT2D eigenvalue weighted by Crippen LogP contribution is -2.52. The van der Waals surface area contributed by atoms with E-state index < -0.39 is 6.10 Å². The predicted molar refractivity (Wildman–Crippen MR) is 133 cm³/mol.